The zero-order chi connectivity index (χ0) is 21.4. The first-order valence-electron chi connectivity index (χ1n) is 10.4. The number of halogens is 1. The summed E-state index contributed by atoms with van der Waals surface area (Å²) in [6, 6.07) is 27.1. The summed E-state index contributed by atoms with van der Waals surface area (Å²) < 4.78 is 14.2. The molecule has 3 unspecified atom stereocenters. The monoisotopic (exact) mass is 411 g/mol. The summed E-state index contributed by atoms with van der Waals surface area (Å²) in [6.07, 6.45) is 0.621. The first-order valence-corrected chi connectivity index (χ1v) is 10.4. The van der Waals surface area contributed by atoms with Gasteiger partial charge in [-0.15, -0.1) is 0 Å². The van der Waals surface area contributed by atoms with Gasteiger partial charge >= 0.3 is 0 Å². The minimum absolute atomic E-state index is 0.112. The lowest BCUT2D eigenvalue weighted by molar-refractivity contribution is -0.122. The number of fused-ring (bicyclic) bond motifs is 1. The fourth-order valence-corrected chi connectivity index (χ4v) is 4.41. The smallest absolute Gasteiger partial charge is 0.224 e. The largest absolute Gasteiger partial charge is 0.508 e. The number of aromatic hydroxyl groups is 1. The van der Waals surface area contributed by atoms with Gasteiger partial charge in [-0.05, 0) is 46.4 Å². The molecule has 0 bridgehead atoms. The van der Waals surface area contributed by atoms with Gasteiger partial charge in [0, 0.05) is 11.5 Å². The Morgan fingerprint density at radius 1 is 0.903 bits per heavy atom. The zero-order valence-electron chi connectivity index (χ0n) is 16.8. The van der Waals surface area contributed by atoms with Gasteiger partial charge in [-0.25, -0.2) is 4.39 Å². The molecule has 1 saturated carbocycles. The minimum Gasteiger partial charge on any atom is -0.508 e. The van der Waals surface area contributed by atoms with Crippen molar-refractivity contribution in [3.63, 3.8) is 0 Å². The summed E-state index contributed by atoms with van der Waals surface area (Å²) in [5.41, 5.74) is 2.14. The van der Waals surface area contributed by atoms with Crippen molar-refractivity contribution >= 4 is 16.7 Å². The van der Waals surface area contributed by atoms with Crippen LogP contribution in [-0.2, 0) is 4.79 Å². The van der Waals surface area contributed by atoms with E-state index in [1.54, 1.807) is 24.3 Å². The summed E-state index contributed by atoms with van der Waals surface area (Å²) in [5, 5.41) is 15.8. The quantitative estimate of drug-likeness (QED) is 0.443. The van der Waals surface area contributed by atoms with Crippen LogP contribution in [0.2, 0.25) is 0 Å². The molecule has 0 aromatic heterocycles. The van der Waals surface area contributed by atoms with Crippen molar-refractivity contribution in [3.8, 4) is 5.75 Å². The maximum absolute atomic E-state index is 14.2. The van der Waals surface area contributed by atoms with Crippen molar-refractivity contribution in [2.24, 2.45) is 5.92 Å². The topological polar surface area (TPSA) is 49.3 Å². The van der Waals surface area contributed by atoms with Gasteiger partial charge in [0.25, 0.3) is 0 Å². The lowest BCUT2D eigenvalue weighted by Crippen LogP contribution is -2.31. The van der Waals surface area contributed by atoms with E-state index in [0.29, 0.717) is 17.5 Å². The van der Waals surface area contributed by atoms with Gasteiger partial charge in [0.2, 0.25) is 5.91 Å². The molecule has 1 fully saturated rings. The molecule has 4 aromatic carbocycles. The Bertz CT molecular complexity index is 1250. The van der Waals surface area contributed by atoms with Crippen molar-refractivity contribution in [1.29, 1.82) is 0 Å². The minimum atomic E-state index is -0.512. The number of nitrogens with one attached hydrogen (secondary N) is 1. The van der Waals surface area contributed by atoms with Crippen LogP contribution in [0.25, 0.3) is 10.8 Å². The number of phenols is 1. The fourth-order valence-electron chi connectivity index (χ4n) is 4.41. The standard InChI is InChI=1S/C27H22FNO2/c28-23-13-7-6-12-20(23)21-16-22(21)27(31)29-26(18-9-2-1-3-10-18)25-19-11-5-4-8-17(19)14-15-24(25)30/h1-15,21-22,26,30H,16H2,(H,29,31). The predicted octanol–water partition coefficient (Wildman–Crippen LogP) is 5.69. The third kappa shape index (κ3) is 3.66. The SMILES string of the molecule is O=C(NC(c1ccccc1)c1c(O)ccc2ccccc12)C1CC1c1ccccc1F. The van der Waals surface area contributed by atoms with Gasteiger partial charge in [-0.1, -0.05) is 78.9 Å². The number of rotatable bonds is 5. The van der Waals surface area contributed by atoms with E-state index < -0.39 is 6.04 Å². The molecule has 0 saturated heterocycles. The normalized spacial score (nSPS) is 18.5. The maximum atomic E-state index is 14.2. The van der Waals surface area contributed by atoms with Gasteiger partial charge < -0.3 is 10.4 Å². The highest BCUT2D eigenvalue weighted by atomic mass is 19.1. The lowest BCUT2D eigenvalue weighted by atomic mass is 9.92. The Hall–Kier alpha value is -3.66. The molecule has 4 heteroatoms. The first-order chi connectivity index (χ1) is 15.1. The van der Waals surface area contributed by atoms with Gasteiger partial charge in [0.15, 0.2) is 0 Å². The highest BCUT2D eigenvalue weighted by Crippen LogP contribution is 2.49. The summed E-state index contributed by atoms with van der Waals surface area (Å²) in [7, 11) is 0. The number of carbonyl (C=O) groups excluding carboxylic acids is 1. The predicted molar refractivity (Wildman–Crippen MR) is 119 cm³/mol. The number of phenolic OH excluding ortho intramolecular Hbond substituents is 1. The van der Waals surface area contributed by atoms with E-state index in [0.717, 1.165) is 16.3 Å². The third-order valence-electron chi connectivity index (χ3n) is 6.09. The van der Waals surface area contributed by atoms with E-state index in [1.807, 2.05) is 60.7 Å². The molecule has 3 atom stereocenters. The average molecular weight is 411 g/mol. The molecule has 31 heavy (non-hydrogen) atoms. The van der Waals surface area contributed by atoms with Gasteiger partial charge in [-0.3, -0.25) is 4.79 Å². The lowest BCUT2D eigenvalue weighted by Gasteiger charge is -2.23. The highest BCUT2D eigenvalue weighted by molar-refractivity contribution is 5.90. The molecule has 4 aromatic rings. The number of carbonyl (C=O) groups is 1. The van der Waals surface area contributed by atoms with E-state index in [4.69, 9.17) is 0 Å². The van der Waals surface area contributed by atoms with Crippen LogP contribution in [0.1, 0.15) is 35.1 Å². The fraction of sp³-hybridized carbons (Fsp3) is 0.148. The number of benzene rings is 4. The molecule has 154 valence electrons. The maximum Gasteiger partial charge on any atom is 0.224 e. The van der Waals surface area contributed by atoms with Crippen LogP contribution in [0.4, 0.5) is 4.39 Å². The Morgan fingerprint density at radius 2 is 1.61 bits per heavy atom. The Labute approximate surface area is 180 Å². The molecule has 0 heterocycles. The Kier molecular flexibility index (Phi) is 4.91. The van der Waals surface area contributed by atoms with E-state index in [9.17, 15) is 14.3 Å². The van der Waals surface area contributed by atoms with Crippen LogP contribution in [-0.4, -0.2) is 11.0 Å². The van der Waals surface area contributed by atoms with Gasteiger partial charge in [0.1, 0.15) is 11.6 Å². The molecule has 0 radical (unpaired) electrons. The number of amides is 1. The molecule has 1 amide bonds. The molecule has 0 spiro atoms. The third-order valence-corrected chi connectivity index (χ3v) is 6.09. The van der Waals surface area contributed by atoms with Crippen molar-refractivity contribution < 1.29 is 14.3 Å². The van der Waals surface area contributed by atoms with Crippen molar-refractivity contribution in [3.05, 3.63) is 114 Å². The van der Waals surface area contributed by atoms with Crippen molar-refractivity contribution in [2.45, 2.75) is 18.4 Å². The van der Waals surface area contributed by atoms with Crippen LogP contribution in [0.5, 0.6) is 5.75 Å². The second-order valence-electron chi connectivity index (χ2n) is 8.04. The van der Waals surface area contributed by atoms with Gasteiger partial charge in [0.05, 0.1) is 6.04 Å². The summed E-state index contributed by atoms with van der Waals surface area (Å²) in [5.74, 6) is -0.656. The molecule has 1 aliphatic rings. The van der Waals surface area contributed by atoms with Crippen LogP contribution < -0.4 is 5.32 Å². The molecule has 1 aliphatic carbocycles. The summed E-state index contributed by atoms with van der Waals surface area (Å²) in [6.45, 7) is 0. The van der Waals surface area contributed by atoms with Crippen molar-refractivity contribution in [1.82, 2.24) is 5.32 Å². The van der Waals surface area contributed by atoms with Crippen molar-refractivity contribution in [2.75, 3.05) is 0 Å². The summed E-state index contributed by atoms with van der Waals surface area (Å²) in [4.78, 5) is 13.2. The molecule has 0 aliphatic heterocycles. The average Bonchev–Trinajstić information content (AvgIpc) is 3.59. The zero-order valence-corrected chi connectivity index (χ0v) is 16.8. The van der Waals surface area contributed by atoms with E-state index in [2.05, 4.69) is 5.32 Å². The molecule has 5 rings (SSSR count). The summed E-state index contributed by atoms with van der Waals surface area (Å²) >= 11 is 0. The van der Waals surface area contributed by atoms with E-state index in [-0.39, 0.29) is 29.3 Å². The first kappa shape index (κ1) is 19.3. The second kappa shape index (κ2) is 7.88. The number of hydrogen-bond acceptors (Lipinski definition) is 2. The highest BCUT2D eigenvalue weighted by Gasteiger charge is 2.45. The Morgan fingerprint density at radius 3 is 2.42 bits per heavy atom. The van der Waals surface area contributed by atoms with Crippen LogP contribution in [0, 0.1) is 11.7 Å². The van der Waals surface area contributed by atoms with Crippen LogP contribution in [0.3, 0.4) is 0 Å². The molecular formula is C27H22FNO2. The Balaban J connectivity index is 1.50. The van der Waals surface area contributed by atoms with Crippen LogP contribution >= 0.6 is 0 Å². The molecule has 2 N–H and O–H groups in total. The second-order valence-corrected chi connectivity index (χ2v) is 8.04. The number of hydrogen-bond donors (Lipinski definition) is 2. The van der Waals surface area contributed by atoms with Gasteiger partial charge in [-0.2, -0.15) is 0 Å². The molecular weight excluding hydrogens is 389 g/mol. The van der Waals surface area contributed by atoms with E-state index in [1.165, 1.54) is 6.07 Å². The van der Waals surface area contributed by atoms with Crippen LogP contribution in [0.15, 0.2) is 91.0 Å². The van der Waals surface area contributed by atoms with E-state index >= 15 is 0 Å². The molecule has 3 nitrogen and oxygen atoms in total.